The maximum absolute atomic E-state index is 6.53. The SMILES string of the molecule is Cc1ccc(C2(N)CC(C(C)(C)C)C2)cc1C. The van der Waals surface area contributed by atoms with Gasteiger partial charge in [-0.3, -0.25) is 0 Å². The van der Waals surface area contributed by atoms with Crippen LogP contribution in [0.25, 0.3) is 0 Å². The molecule has 1 saturated carbocycles. The van der Waals surface area contributed by atoms with Gasteiger partial charge in [0.05, 0.1) is 0 Å². The maximum Gasteiger partial charge on any atom is 0.0415 e. The summed E-state index contributed by atoms with van der Waals surface area (Å²) in [6.45, 7) is 11.3. The summed E-state index contributed by atoms with van der Waals surface area (Å²) < 4.78 is 0. The second-order valence-corrected chi connectivity index (χ2v) is 6.93. The predicted molar refractivity (Wildman–Crippen MR) is 74.0 cm³/mol. The Hall–Kier alpha value is -0.820. The number of benzene rings is 1. The molecule has 0 aliphatic heterocycles. The Bertz CT molecular complexity index is 420. The third-order valence-corrected chi connectivity index (χ3v) is 4.53. The van der Waals surface area contributed by atoms with Crippen LogP contribution in [-0.2, 0) is 5.54 Å². The first kappa shape index (κ1) is 12.6. The van der Waals surface area contributed by atoms with Crippen molar-refractivity contribution in [1.82, 2.24) is 0 Å². The van der Waals surface area contributed by atoms with Crippen molar-refractivity contribution >= 4 is 0 Å². The lowest BCUT2D eigenvalue weighted by atomic mass is 9.57. The standard InChI is InChI=1S/C16H25N/c1-11-6-7-13(8-12(11)2)16(17)9-14(10-16)15(3,4)5/h6-8,14H,9-10,17H2,1-5H3. The first-order chi connectivity index (χ1) is 7.72. The lowest BCUT2D eigenvalue weighted by Gasteiger charge is -2.51. The lowest BCUT2D eigenvalue weighted by molar-refractivity contribution is 0.0489. The highest BCUT2D eigenvalue weighted by Gasteiger charge is 2.46. The van der Waals surface area contributed by atoms with Gasteiger partial charge in [-0.25, -0.2) is 0 Å². The summed E-state index contributed by atoms with van der Waals surface area (Å²) in [5, 5.41) is 0. The minimum Gasteiger partial charge on any atom is -0.321 e. The largest absolute Gasteiger partial charge is 0.321 e. The van der Waals surface area contributed by atoms with E-state index in [1.165, 1.54) is 16.7 Å². The van der Waals surface area contributed by atoms with Gasteiger partial charge in [0, 0.05) is 5.54 Å². The van der Waals surface area contributed by atoms with Crippen LogP contribution in [0.15, 0.2) is 18.2 Å². The zero-order valence-electron chi connectivity index (χ0n) is 11.8. The van der Waals surface area contributed by atoms with E-state index in [9.17, 15) is 0 Å². The molecule has 1 aliphatic carbocycles. The fraction of sp³-hybridized carbons (Fsp3) is 0.625. The Labute approximate surface area is 105 Å². The highest BCUT2D eigenvalue weighted by Crippen LogP contribution is 2.51. The molecular weight excluding hydrogens is 206 g/mol. The van der Waals surface area contributed by atoms with Gasteiger partial charge >= 0.3 is 0 Å². The summed E-state index contributed by atoms with van der Waals surface area (Å²) in [7, 11) is 0. The molecule has 0 spiro atoms. The van der Waals surface area contributed by atoms with Crippen molar-refractivity contribution < 1.29 is 0 Å². The first-order valence-corrected chi connectivity index (χ1v) is 6.59. The Morgan fingerprint density at radius 2 is 1.71 bits per heavy atom. The topological polar surface area (TPSA) is 26.0 Å². The van der Waals surface area contributed by atoms with E-state index < -0.39 is 0 Å². The molecule has 1 fully saturated rings. The molecule has 0 amide bonds. The first-order valence-electron chi connectivity index (χ1n) is 6.59. The molecule has 2 N–H and O–H groups in total. The minimum atomic E-state index is -0.0730. The number of hydrogen-bond acceptors (Lipinski definition) is 1. The summed E-state index contributed by atoms with van der Waals surface area (Å²) >= 11 is 0. The quantitative estimate of drug-likeness (QED) is 0.779. The molecule has 0 heterocycles. The van der Waals surface area contributed by atoms with E-state index in [4.69, 9.17) is 5.73 Å². The van der Waals surface area contributed by atoms with Gasteiger partial charge in [0.25, 0.3) is 0 Å². The average Bonchev–Trinajstić information content (AvgIpc) is 2.16. The van der Waals surface area contributed by atoms with Crippen LogP contribution in [0.5, 0.6) is 0 Å². The van der Waals surface area contributed by atoms with Crippen LogP contribution in [0.3, 0.4) is 0 Å². The van der Waals surface area contributed by atoms with E-state index in [0.717, 1.165) is 18.8 Å². The summed E-state index contributed by atoms with van der Waals surface area (Å²) in [6, 6.07) is 6.68. The van der Waals surface area contributed by atoms with Crippen molar-refractivity contribution in [3.05, 3.63) is 34.9 Å². The highest BCUT2D eigenvalue weighted by molar-refractivity contribution is 5.35. The molecule has 0 atom stereocenters. The molecule has 1 nitrogen and oxygen atoms in total. The van der Waals surface area contributed by atoms with Crippen LogP contribution in [0.4, 0.5) is 0 Å². The van der Waals surface area contributed by atoms with Crippen LogP contribution >= 0.6 is 0 Å². The summed E-state index contributed by atoms with van der Waals surface area (Å²) in [5.41, 5.74) is 10.9. The Kier molecular flexibility index (Phi) is 2.86. The zero-order chi connectivity index (χ0) is 12.8. The second-order valence-electron chi connectivity index (χ2n) is 6.93. The molecule has 2 rings (SSSR count). The summed E-state index contributed by atoms with van der Waals surface area (Å²) in [4.78, 5) is 0. The lowest BCUT2D eigenvalue weighted by Crippen LogP contribution is -2.52. The van der Waals surface area contributed by atoms with E-state index in [0.29, 0.717) is 5.41 Å². The van der Waals surface area contributed by atoms with Gasteiger partial charge in [0.2, 0.25) is 0 Å². The average molecular weight is 231 g/mol. The van der Waals surface area contributed by atoms with Crippen LogP contribution in [0, 0.1) is 25.2 Å². The van der Waals surface area contributed by atoms with Gasteiger partial charge in [-0.2, -0.15) is 0 Å². The van der Waals surface area contributed by atoms with E-state index >= 15 is 0 Å². The fourth-order valence-electron chi connectivity index (χ4n) is 2.72. The number of rotatable bonds is 1. The molecule has 0 bridgehead atoms. The fourth-order valence-corrected chi connectivity index (χ4v) is 2.72. The third-order valence-electron chi connectivity index (χ3n) is 4.53. The molecule has 1 aromatic carbocycles. The number of nitrogens with two attached hydrogens (primary N) is 1. The highest BCUT2D eigenvalue weighted by atomic mass is 14.8. The Balaban J connectivity index is 2.17. The maximum atomic E-state index is 6.53. The molecule has 0 unspecified atom stereocenters. The number of aryl methyl sites for hydroxylation is 2. The molecule has 0 radical (unpaired) electrons. The zero-order valence-corrected chi connectivity index (χ0v) is 11.8. The summed E-state index contributed by atoms with van der Waals surface area (Å²) in [5.74, 6) is 0.758. The van der Waals surface area contributed by atoms with E-state index in [1.54, 1.807) is 0 Å². The normalized spacial score (nSPS) is 28.9. The molecule has 1 aliphatic rings. The van der Waals surface area contributed by atoms with Gasteiger partial charge < -0.3 is 5.73 Å². The second kappa shape index (κ2) is 3.84. The number of hydrogen-bond donors (Lipinski definition) is 1. The molecule has 0 saturated heterocycles. The van der Waals surface area contributed by atoms with Gasteiger partial charge in [-0.1, -0.05) is 39.0 Å². The van der Waals surface area contributed by atoms with Crippen molar-refractivity contribution in [2.45, 2.75) is 53.0 Å². The van der Waals surface area contributed by atoms with Crippen molar-refractivity contribution in [2.75, 3.05) is 0 Å². The van der Waals surface area contributed by atoms with Gasteiger partial charge in [-0.05, 0) is 54.7 Å². The van der Waals surface area contributed by atoms with Gasteiger partial charge in [0.1, 0.15) is 0 Å². The van der Waals surface area contributed by atoms with Crippen LogP contribution in [0.1, 0.15) is 50.3 Å². The molecule has 1 aromatic rings. The third kappa shape index (κ3) is 2.26. The van der Waals surface area contributed by atoms with Gasteiger partial charge in [-0.15, -0.1) is 0 Å². The molecule has 17 heavy (non-hydrogen) atoms. The molecular formula is C16H25N. The Morgan fingerprint density at radius 3 is 2.18 bits per heavy atom. The monoisotopic (exact) mass is 231 g/mol. The Morgan fingerprint density at radius 1 is 1.12 bits per heavy atom. The van der Waals surface area contributed by atoms with E-state index in [1.807, 2.05) is 0 Å². The smallest absolute Gasteiger partial charge is 0.0415 e. The van der Waals surface area contributed by atoms with Crippen LogP contribution in [0.2, 0.25) is 0 Å². The van der Waals surface area contributed by atoms with Crippen molar-refractivity contribution in [3.8, 4) is 0 Å². The van der Waals surface area contributed by atoms with E-state index in [-0.39, 0.29) is 5.54 Å². The van der Waals surface area contributed by atoms with E-state index in [2.05, 4.69) is 52.8 Å². The summed E-state index contributed by atoms with van der Waals surface area (Å²) in [6.07, 6.45) is 2.25. The van der Waals surface area contributed by atoms with Crippen LogP contribution in [-0.4, -0.2) is 0 Å². The van der Waals surface area contributed by atoms with Gasteiger partial charge in [0.15, 0.2) is 0 Å². The molecule has 94 valence electrons. The van der Waals surface area contributed by atoms with Crippen molar-refractivity contribution in [3.63, 3.8) is 0 Å². The minimum absolute atomic E-state index is 0.0730. The molecule has 0 aromatic heterocycles. The van der Waals surface area contributed by atoms with Crippen LogP contribution < -0.4 is 5.73 Å². The molecule has 1 heteroatoms. The van der Waals surface area contributed by atoms with Crippen molar-refractivity contribution in [1.29, 1.82) is 0 Å². The predicted octanol–water partition coefficient (Wildman–Crippen LogP) is 3.91. The van der Waals surface area contributed by atoms with Crippen molar-refractivity contribution in [2.24, 2.45) is 17.1 Å².